The number of likely N-dealkylation sites (tertiary alicyclic amines) is 1. The number of ether oxygens (including phenoxy) is 1. The van der Waals surface area contributed by atoms with Crippen molar-refractivity contribution in [1.29, 1.82) is 0 Å². The van der Waals surface area contributed by atoms with Gasteiger partial charge in [0.2, 0.25) is 0 Å². The third-order valence-corrected chi connectivity index (χ3v) is 4.24. The normalized spacial score (nSPS) is 16.8. The van der Waals surface area contributed by atoms with E-state index in [9.17, 15) is 0 Å². The summed E-state index contributed by atoms with van der Waals surface area (Å²) in [5.74, 6) is 1.98. The molecule has 1 aliphatic rings. The third kappa shape index (κ3) is 6.84. The number of hydrogen-bond acceptors (Lipinski definition) is 3. The van der Waals surface area contributed by atoms with E-state index in [1.807, 2.05) is 24.3 Å². The molecule has 0 aromatic heterocycles. The second-order valence-electron chi connectivity index (χ2n) is 6.61. The van der Waals surface area contributed by atoms with Crippen molar-refractivity contribution < 1.29 is 4.74 Å². The van der Waals surface area contributed by atoms with E-state index in [2.05, 4.69) is 29.1 Å². The van der Waals surface area contributed by atoms with Crippen LogP contribution in [0.1, 0.15) is 33.1 Å². The number of halogens is 1. The number of aliphatic imine (C=N–C) groups is 1. The first kappa shape index (κ1) is 21.0. The standard InChI is InChI=1S/C18H30N4O.HI/c1-14(2)12-16(22-10-4-5-11-22)13-20-18(19)21-15-6-8-17(23-3)9-7-15;/h6-9,14,16H,4-5,10-13H2,1-3H3,(H3,19,20,21);1H. The number of methoxy groups -OCH3 is 1. The molecule has 136 valence electrons. The maximum absolute atomic E-state index is 6.04. The molecule has 6 heteroatoms. The van der Waals surface area contributed by atoms with Gasteiger partial charge in [0.25, 0.3) is 0 Å². The zero-order valence-electron chi connectivity index (χ0n) is 15.0. The molecule has 2 rings (SSSR count). The minimum Gasteiger partial charge on any atom is -0.497 e. The van der Waals surface area contributed by atoms with Crippen LogP contribution >= 0.6 is 24.0 Å². The Hall–Kier alpha value is -1.02. The van der Waals surface area contributed by atoms with Gasteiger partial charge in [0, 0.05) is 11.7 Å². The molecule has 5 nitrogen and oxygen atoms in total. The van der Waals surface area contributed by atoms with Crippen LogP contribution in [-0.4, -0.2) is 43.6 Å². The highest BCUT2D eigenvalue weighted by Crippen LogP contribution is 2.18. The molecular formula is C18H31IN4O. The zero-order valence-corrected chi connectivity index (χ0v) is 17.3. The highest BCUT2D eigenvalue weighted by molar-refractivity contribution is 14.0. The van der Waals surface area contributed by atoms with E-state index in [0.29, 0.717) is 17.9 Å². The summed E-state index contributed by atoms with van der Waals surface area (Å²) in [6.45, 7) is 7.68. The topological polar surface area (TPSA) is 62.9 Å². The van der Waals surface area contributed by atoms with Crippen LogP contribution in [0, 0.1) is 5.92 Å². The molecule has 0 saturated carbocycles. The van der Waals surface area contributed by atoms with E-state index in [4.69, 9.17) is 10.5 Å². The van der Waals surface area contributed by atoms with Crippen molar-refractivity contribution in [2.24, 2.45) is 16.6 Å². The van der Waals surface area contributed by atoms with E-state index in [-0.39, 0.29) is 24.0 Å². The number of benzene rings is 1. The number of rotatable bonds is 7. The number of nitrogens with two attached hydrogens (primary N) is 1. The quantitative estimate of drug-likeness (QED) is 0.382. The van der Waals surface area contributed by atoms with E-state index in [0.717, 1.165) is 18.0 Å². The molecule has 0 amide bonds. The minimum atomic E-state index is 0. The summed E-state index contributed by atoms with van der Waals surface area (Å²) in [7, 11) is 1.66. The van der Waals surface area contributed by atoms with Gasteiger partial charge in [-0.3, -0.25) is 9.89 Å². The van der Waals surface area contributed by atoms with Crippen LogP contribution in [-0.2, 0) is 0 Å². The predicted octanol–water partition coefficient (Wildman–Crippen LogP) is 3.55. The van der Waals surface area contributed by atoms with Crippen molar-refractivity contribution in [3.8, 4) is 5.75 Å². The Balaban J connectivity index is 0.00000288. The van der Waals surface area contributed by atoms with Gasteiger partial charge in [-0.05, 0) is 62.5 Å². The summed E-state index contributed by atoms with van der Waals surface area (Å²) in [6.07, 6.45) is 3.77. The molecule has 0 spiro atoms. The predicted molar refractivity (Wildman–Crippen MR) is 113 cm³/mol. The van der Waals surface area contributed by atoms with Crippen molar-refractivity contribution >= 4 is 35.6 Å². The molecule has 1 saturated heterocycles. The number of anilines is 1. The van der Waals surface area contributed by atoms with Gasteiger partial charge in [0.1, 0.15) is 5.75 Å². The van der Waals surface area contributed by atoms with Gasteiger partial charge in [0.15, 0.2) is 5.96 Å². The number of nitrogens with one attached hydrogen (secondary N) is 1. The molecule has 24 heavy (non-hydrogen) atoms. The Morgan fingerprint density at radius 3 is 2.42 bits per heavy atom. The van der Waals surface area contributed by atoms with Gasteiger partial charge < -0.3 is 15.8 Å². The first-order valence-electron chi connectivity index (χ1n) is 8.53. The van der Waals surface area contributed by atoms with Crippen molar-refractivity contribution in [3.05, 3.63) is 24.3 Å². The fourth-order valence-electron chi connectivity index (χ4n) is 3.06. The van der Waals surface area contributed by atoms with Crippen LogP contribution in [0.15, 0.2) is 29.3 Å². The molecule has 1 unspecified atom stereocenters. The van der Waals surface area contributed by atoms with Gasteiger partial charge in [-0.2, -0.15) is 0 Å². The Morgan fingerprint density at radius 2 is 1.88 bits per heavy atom. The summed E-state index contributed by atoms with van der Waals surface area (Å²) >= 11 is 0. The lowest BCUT2D eigenvalue weighted by Crippen LogP contribution is -2.37. The average Bonchev–Trinajstić information content (AvgIpc) is 3.06. The van der Waals surface area contributed by atoms with Gasteiger partial charge in [-0.15, -0.1) is 24.0 Å². The Kier molecular flexibility index (Phi) is 9.43. The van der Waals surface area contributed by atoms with Gasteiger partial charge >= 0.3 is 0 Å². The fraction of sp³-hybridized carbons (Fsp3) is 0.611. The van der Waals surface area contributed by atoms with E-state index in [1.54, 1.807) is 7.11 Å². The van der Waals surface area contributed by atoms with Crippen LogP contribution in [0.5, 0.6) is 5.75 Å². The van der Waals surface area contributed by atoms with Crippen molar-refractivity contribution in [2.75, 3.05) is 32.1 Å². The molecule has 0 radical (unpaired) electrons. The molecule has 1 aliphatic heterocycles. The van der Waals surface area contributed by atoms with Crippen LogP contribution in [0.4, 0.5) is 5.69 Å². The number of guanidine groups is 1. The highest BCUT2D eigenvalue weighted by atomic mass is 127. The number of nitrogens with zero attached hydrogens (tertiary/aromatic N) is 2. The molecular weight excluding hydrogens is 415 g/mol. The second-order valence-corrected chi connectivity index (χ2v) is 6.61. The van der Waals surface area contributed by atoms with Gasteiger partial charge in [0.05, 0.1) is 13.7 Å². The molecule has 1 heterocycles. The van der Waals surface area contributed by atoms with Crippen molar-refractivity contribution in [2.45, 2.75) is 39.2 Å². The first-order chi connectivity index (χ1) is 11.1. The zero-order chi connectivity index (χ0) is 16.7. The van der Waals surface area contributed by atoms with E-state index < -0.39 is 0 Å². The molecule has 1 atom stereocenters. The van der Waals surface area contributed by atoms with Crippen LogP contribution < -0.4 is 15.8 Å². The van der Waals surface area contributed by atoms with Gasteiger partial charge in [-0.1, -0.05) is 13.8 Å². The van der Waals surface area contributed by atoms with E-state index in [1.165, 1.54) is 32.4 Å². The van der Waals surface area contributed by atoms with Crippen LogP contribution in [0.3, 0.4) is 0 Å². The Bertz CT molecular complexity index is 498. The fourth-order valence-corrected chi connectivity index (χ4v) is 3.06. The molecule has 1 aromatic rings. The summed E-state index contributed by atoms with van der Waals surface area (Å²) < 4.78 is 5.15. The molecule has 3 N–H and O–H groups in total. The lowest BCUT2D eigenvalue weighted by Gasteiger charge is -2.27. The highest BCUT2D eigenvalue weighted by Gasteiger charge is 2.22. The summed E-state index contributed by atoms with van der Waals surface area (Å²) in [6, 6.07) is 8.18. The summed E-state index contributed by atoms with van der Waals surface area (Å²) in [5.41, 5.74) is 6.97. The lowest BCUT2D eigenvalue weighted by atomic mass is 10.0. The first-order valence-corrected chi connectivity index (χ1v) is 8.53. The second kappa shape index (κ2) is 10.8. The summed E-state index contributed by atoms with van der Waals surface area (Å²) in [5, 5.41) is 3.15. The monoisotopic (exact) mass is 446 g/mol. The maximum atomic E-state index is 6.04. The Morgan fingerprint density at radius 1 is 1.25 bits per heavy atom. The lowest BCUT2D eigenvalue weighted by molar-refractivity contribution is 0.218. The maximum Gasteiger partial charge on any atom is 0.193 e. The van der Waals surface area contributed by atoms with Crippen molar-refractivity contribution in [1.82, 2.24) is 4.90 Å². The molecule has 1 aromatic carbocycles. The average molecular weight is 446 g/mol. The summed E-state index contributed by atoms with van der Waals surface area (Å²) in [4.78, 5) is 7.13. The largest absolute Gasteiger partial charge is 0.497 e. The van der Waals surface area contributed by atoms with Crippen LogP contribution in [0.25, 0.3) is 0 Å². The Labute approximate surface area is 163 Å². The molecule has 1 fully saturated rings. The van der Waals surface area contributed by atoms with Gasteiger partial charge in [-0.25, -0.2) is 0 Å². The van der Waals surface area contributed by atoms with Crippen molar-refractivity contribution in [3.63, 3.8) is 0 Å². The third-order valence-electron chi connectivity index (χ3n) is 4.24. The van der Waals surface area contributed by atoms with E-state index >= 15 is 0 Å². The molecule has 0 aliphatic carbocycles. The van der Waals surface area contributed by atoms with Crippen LogP contribution in [0.2, 0.25) is 0 Å². The number of hydrogen-bond donors (Lipinski definition) is 2. The molecule has 0 bridgehead atoms. The minimum absolute atomic E-state index is 0. The smallest absolute Gasteiger partial charge is 0.193 e. The SMILES string of the molecule is COc1ccc(NC(N)=NCC(CC(C)C)N2CCCC2)cc1.I.